The molecule has 0 amide bonds. The number of alkyl halides is 1. The lowest BCUT2D eigenvalue weighted by Gasteiger charge is -2.16. The normalized spacial score (nSPS) is 14.4. The second kappa shape index (κ2) is 7.72. The van der Waals surface area contributed by atoms with E-state index in [4.69, 9.17) is 4.74 Å². The Morgan fingerprint density at radius 3 is 2.56 bits per heavy atom. The maximum absolute atomic E-state index is 5.65. The van der Waals surface area contributed by atoms with E-state index < -0.39 is 0 Å². The standard InChI is InChI=1S/C14H21BrO/c1-3-14(15)12(2)8-7-11-16-13-9-5-4-6-10-13/h4-6,9-10,12,14H,3,7-8,11H2,1-2H3. The average Bonchev–Trinajstić information content (AvgIpc) is 2.34. The van der Waals surface area contributed by atoms with Gasteiger partial charge in [-0.25, -0.2) is 0 Å². The van der Waals surface area contributed by atoms with Gasteiger partial charge in [0, 0.05) is 4.83 Å². The smallest absolute Gasteiger partial charge is 0.119 e. The quantitative estimate of drug-likeness (QED) is 0.523. The molecule has 0 aliphatic rings. The van der Waals surface area contributed by atoms with E-state index in [0.717, 1.165) is 24.7 Å². The summed E-state index contributed by atoms with van der Waals surface area (Å²) in [4.78, 5) is 0.643. The Kier molecular flexibility index (Phi) is 6.55. The molecule has 1 aromatic rings. The van der Waals surface area contributed by atoms with E-state index in [1.54, 1.807) is 0 Å². The van der Waals surface area contributed by atoms with Crippen LogP contribution in [0.3, 0.4) is 0 Å². The number of ether oxygens (including phenoxy) is 1. The van der Waals surface area contributed by atoms with Crippen molar-refractivity contribution in [3.8, 4) is 5.75 Å². The van der Waals surface area contributed by atoms with Gasteiger partial charge in [-0.1, -0.05) is 48.0 Å². The monoisotopic (exact) mass is 284 g/mol. The van der Waals surface area contributed by atoms with Crippen molar-refractivity contribution < 1.29 is 4.74 Å². The van der Waals surface area contributed by atoms with E-state index >= 15 is 0 Å². The van der Waals surface area contributed by atoms with Crippen molar-refractivity contribution in [2.75, 3.05) is 6.61 Å². The first-order valence-corrected chi connectivity index (χ1v) is 6.97. The van der Waals surface area contributed by atoms with Gasteiger partial charge in [0.2, 0.25) is 0 Å². The summed E-state index contributed by atoms with van der Waals surface area (Å²) in [5, 5.41) is 0. The van der Waals surface area contributed by atoms with Crippen LogP contribution >= 0.6 is 15.9 Å². The third kappa shape index (κ3) is 5.02. The molecule has 0 aliphatic carbocycles. The van der Waals surface area contributed by atoms with Crippen molar-refractivity contribution in [3.63, 3.8) is 0 Å². The Balaban J connectivity index is 2.13. The molecule has 1 rings (SSSR count). The summed E-state index contributed by atoms with van der Waals surface area (Å²) >= 11 is 3.70. The van der Waals surface area contributed by atoms with Gasteiger partial charge >= 0.3 is 0 Å². The second-order valence-electron chi connectivity index (χ2n) is 4.21. The first-order chi connectivity index (χ1) is 7.74. The molecule has 0 bridgehead atoms. The second-order valence-corrected chi connectivity index (χ2v) is 5.38. The molecule has 0 spiro atoms. The molecular weight excluding hydrogens is 264 g/mol. The highest BCUT2D eigenvalue weighted by atomic mass is 79.9. The van der Waals surface area contributed by atoms with Crippen LogP contribution < -0.4 is 4.74 Å². The molecule has 2 heteroatoms. The molecule has 1 nitrogen and oxygen atoms in total. The van der Waals surface area contributed by atoms with Crippen LogP contribution in [-0.4, -0.2) is 11.4 Å². The molecule has 0 saturated heterocycles. The molecule has 0 N–H and O–H groups in total. The van der Waals surface area contributed by atoms with E-state index in [0.29, 0.717) is 4.83 Å². The summed E-state index contributed by atoms with van der Waals surface area (Å²) in [6.07, 6.45) is 3.54. The first kappa shape index (κ1) is 13.6. The number of rotatable bonds is 7. The number of para-hydroxylation sites is 1. The van der Waals surface area contributed by atoms with Gasteiger partial charge < -0.3 is 4.74 Å². The Hall–Kier alpha value is -0.500. The van der Waals surface area contributed by atoms with Gasteiger partial charge in [-0.05, 0) is 37.3 Å². The van der Waals surface area contributed by atoms with Gasteiger partial charge in [-0.15, -0.1) is 0 Å². The molecule has 2 atom stereocenters. The molecule has 0 aliphatic heterocycles. The zero-order valence-corrected chi connectivity index (χ0v) is 11.7. The number of halogens is 1. The summed E-state index contributed by atoms with van der Waals surface area (Å²) in [5.74, 6) is 1.70. The van der Waals surface area contributed by atoms with Crippen LogP contribution in [0.5, 0.6) is 5.75 Å². The maximum Gasteiger partial charge on any atom is 0.119 e. The Labute approximate surface area is 107 Å². The summed E-state index contributed by atoms with van der Waals surface area (Å²) in [7, 11) is 0. The molecule has 90 valence electrons. The fourth-order valence-electron chi connectivity index (χ4n) is 1.70. The average molecular weight is 285 g/mol. The number of benzene rings is 1. The highest BCUT2D eigenvalue weighted by Gasteiger charge is 2.10. The SMILES string of the molecule is CCC(Br)C(C)CCCOc1ccccc1. The van der Waals surface area contributed by atoms with Crippen molar-refractivity contribution >= 4 is 15.9 Å². The lowest BCUT2D eigenvalue weighted by Crippen LogP contribution is -2.11. The van der Waals surface area contributed by atoms with Gasteiger partial charge in [-0.2, -0.15) is 0 Å². The van der Waals surface area contributed by atoms with E-state index in [9.17, 15) is 0 Å². The van der Waals surface area contributed by atoms with Gasteiger partial charge in [0.15, 0.2) is 0 Å². The van der Waals surface area contributed by atoms with E-state index in [1.807, 2.05) is 30.3 Å². The van der Waals surface area contributed by atoms with E-state index in [-0.39, 0.29) is 0 Å². The first-order valence-electron chi connectivity index (χ1n) is 6.06. The molecule has 0 radical (unpaired) electrons. The molecule has 0 aromatic heterocycles. The fraction of sp³-hybridized carbons (Fsp3) is 0.571. The van der Waals surface area contributed by atoms with Gasteiger partial charge in [-0.3, -0.25) is 0 Å². The minimum absolute atomic E-state index is 0.643. The summed E-state index contributed by atoms with van der Waals surface area (Å²) in [6, 6.07) is 10.0. The molecule has 2 unspecified atom stereocenters. The zero-order valence-electron chi connectivity index (χ0n) is 10.2. The summed E-state index contributed by atoms with van der Waals surface area (Å²) in [6.45, 7) is 5.33. The predicted molar refractivity (Wildman–Crippen MR) is 73.3 cm³/mol. The van der Waals surface area contributed by atoms with Crippen LogP contribution in [0.25, 0.3) is 0 Å². The third-order valence-corrected chi connectivity index (χ3v) is 4.37. The lowest BCUT2D eigenvalue weighted by molar-refractivity contribution is 0.294. The predicted octanol–water partition coefficient (Wildman–Crippen LogP) is 4.66. The van der Waals surface area contributed by atoms with Crippen molar-refractivity contribution in [1.82, 2.24) is 0 Å². The van der Waals surface area contributed by atoms with Crippen LogP contribution in [0.2, 0.25) is 0 Å². The highest BCUT2D eigenvalue weighted by Crippen LogP contribution is 2.20. The lowest BCUT2D eigenvalue weighted by atomic mass is 10.0. The largest absolute Gasteiger partial charge is 0.494 e. The van der Waals surface area contributed by atoms with Crippen LogP contribution in [-0.2, 0) is 0 Å². The number of hydrogen-bond acceptors (Lipinski definition) is 1. The Bertz CT molecular complexity index is 273. The fourth-order valence-corrected chi connectivity index (χ4v) is 1.96. The van der Waals surface area contributed by atoms with Crippen molar-refractivity contribution in [2.24, 2.45) is 5.92 Å². The van der Waals surface area contributed by atoms with Crippen LogP contribution in [0.15, 0.2) is 30.3 Å². The van der Waals surface area contributed by atoms with Crippen molar-refractivity contribution in [2.45, 2.75) is 37.9 Å². The topological polar surface area (TPSA) is 9.23 Å². The van der Waals surface area contributed by atoms with Crippen LogP contribution in [0, 0.1) is 5.92 Å². The minimum Gasteiger partial charge on any atom is -0.494 e. The molecular formula is C14H21BrO. The van der Waals surface area contributed by atoms with Gasteiger partial charge in [0.25, 0.3) is 0 Å². The highest BCUT2D eigenvalue weighted by molar-refractivity contribution is 9.09. The van der Waals surface area contributed by atoms with E-state index in [2.05, 4.69) is 29.8 Å². The van der Waals surface area contributed by atoms with Crippen LogP contribution in [0.4, 0.5) is 0 Å². The molecule has 1 aromatic carbocycles. The van der Waals surface area contributed by atoms with E-state index in [1.165, 1.54) is 12.8 Å². The molecule has 0 heterocycles. The Morgan fingerprint density at radius 1 is 1.25 bits per heavy atom. The van der Waals surface area contributed by atoms with Gasteiger partial charge in [0.05, 0.1) is 6.61 Å². The summed E-state index contributed by atoms with van der Waals surface area (Å²) < 4.78 is 5.65. The van der Waals surface area contributed by atoms with Crippen LogP contribution in [0.1, 0.15) is 33.1 Å². The molecule has 16 heavy (non-hydrogen) atoms. The molecule has 0 fully saturated rings. The van der Waals surface area contributed by atoms with Crippen molar-refractivity contribution in [1.29, 1.82) is 0 Å². The Morgan fingerprint density at radius 2 is 1.94 bits per heavy atom. The van der Waals surface area contributed by atoms with Gasteiger partial charge in [0.1, 0.15) is 5.75 Å². The maximum atomic E-state index is 5.65. The number of hydrogen-bond donors (Lipinski definition) is 0. The van der Waals surface area contributed by atoms with Crippen molar-refractivity contribution in [3.05, 3.63) is 30.3 Å². The summed E-state index contributed by atoms with van der Waals surface area (Å²) in [5.41, 5.74) is 0. The molecule has 0 saturated carbocycles. The zero-order chi connectivity index (χ0) is 11.8. The minimum atomic E-state index is 0.643. The third-order valence-electron chi connectivity index (χ3n) is 2.82.